The number of pyridine rings is 2. The molecule has 0 saturated carbocycles. The second kappa shape index (κ2) is 6.19. The van der Waals surface area contributed by atoms with E-state index in [1.54, 1.807) is 12.3 Å². The summed E-state index contributed by atoms with van der Waals surface area (Å²) in [5, 5.41) is 11.4. The Morgan fingerprint density at radius 2 is 2.12 bits per heavy atom. The molecule has 4 aromatic rings. The zero-order valence-electron chi connectivity index (χ0n) is 12.6. The molecule has 0 aliphatic carbocycles. The largest absolute Gasteiger partial charge is 0.506 e. The molecule has 0 fully saturated rings. The minimum absolute atomic E-state index is 0.184. The predicted octanol–water partition coefficient (Wildman–Crippen LogP) is 3.18. The van der Waals surface area contributed by atoms with Gasteiger partial charge in [-0.15, -0.1) is 11.3 Å². The number of hydrogen-bond acceptors (Lipinski definition) is 6. The van der Waals surface area contributed by atoms with Crippen molar-refractivity contribution in [3.63, 3.8) is 0 Å². The standard InChI is InChI=1S/C17H10IN3O3S/c18-9-5-10-15(23)11(8-22)17(24)21(16(10)19-6-9)7-14-20-12-3-1-2-4-13(12)25-14/h1-6,8,23H,7H2. The third kappa shape index (κ3) is 2.71. The van der Waals surface area contributed by atoms with Gasteiger partial charge in [-0.05, 0) is 40.8 Å². The van der Waals surface area contributed by atoms with Crippen molar-refractivity contribution in [3.05, 3.63) is 61.0 Å². The number of hydrogen-bond donors (Lipinski definition) is 1. The number of halogens is 1. The molecule has 1 N–H and O–H groups in total. The molecule has 25 heavy (non-hydrogen) atoms. The Kier molecular flexibility index (Phi) is 4.00. The molecule has 3 aromatic heterocycles. The van der Waals surface area contributed by atoms with Crippen molar-refractivity contribution < 1.29 is 9.90 Å². The van der Waals surface area contributed by atoms with Crippen LogP contribution in [-0.2, 0) is 6.54 Å². The first-order valence-electron chi connectivity index (χ1n) is 7.29. The first-order valence-corrected chi connectivity index (χ1v) is 9.18. The van der Waals surface area contributed by atoms with Crippen molar-refractivity contribution >= 4 is 61.5 Å². The zero-order chi connectivity index (χ0) is 17.6. The summed E-state index contributed by atoms with van der Waals surface area (Å²) in [6, 6.07) is 9.40. The molecule has 4 rings (SSSR count). The topological polar surface area (TPSA) is 85.1 Å². The van der Waals surface area contributed by atoms with Gasteiger partial charge >= 0.3 is 0 Å². The zero-order valence-corrected chi connectivity index (χ0v) is 15.6. The number of fused-ring (bicyclic) bond motifs is 2. The lowest BCUT2D eigenvalue weighted by molar-refractivity contribution is 0.111. The van der Waals surface area contributed by atoms with Crippen LogP contribution in [0.1, 0.15) is 15.4 Å². The molecule has 0 atom stereocenters. The van der Waals surface area contributed by atoms with Gasteiger partial charge < -0.3 is 5.11 Å². The van der Waals surface area contributed by atoms with Crippen molar-refractivity contribution in [2.24, 2.45) is 0 Å². The summed E-state index contributed by atoms with van der Waals surface area (Å²) in [4.78, 5) is 32.8. The van der Waals surface area contributed by atoms with Crippen LogP contribution in [0.4, 0.5) is 0 Å². The molecule has 0 radical (unpaired) electrons. The number of aldehydes is 1. The van der Waals surface area contributed by atoms with E-state index in [1.807, 2.05) is 24.3 Å². The van der Waals surface area contributed by atoms with Crippen molar-refractivity contribution in [2.75, 3.05) is 0 Å². The van der Waals surface area contributed by atoms with Crippen molar-refractivity contribution in [1.82, 2.24) is 14.5 Å². The van der Waals surface area contributed by atoms with E-state index in [2.05, 4.69) is 32.6 Å². The maximum atomic E-state index is 12.6. The fourth-order valence-electron chi connectivity index (χ4n) is 2.69. The number of thiazole rings is 1. The highest BCUT2D eigenvalue weighted by atomic mass is 127. The summed E-state index contributed by atoms with van der Waals surface area (Å²) in [7, 11) is 0. The predicted molar refractivity (Wildman–Crippen MR) is 104 cm³/mol. The molecule has 124 valence electrons. The lowest BCUT2D eigenvalue weighted by Crippen LogP contribution is -2.25. The van der Waals surface area contributed by atoms with Gasteiger partial charge in [0, 0.05) is 9.77 Å². The third-order valence-corrected chi connectivity index (χ3v) is 5.44. The minimum Gasteiger partial charge on any atom is -0.506 e. The molecule has 8 heteroatoms. The molecular weight excluding hydrogens is 453 g/mol. The molecule has 0 saturated heterocycles. The average Bonchev–Trinajstić information content (AvgIpc) is 3.02. The summed E-state index contributed by atoms with van der Waals surface area (Å²) >= 11 is 3.54. The van der Waals surface area contributed by atoms with E-state index in [1.165, 1.54) is 15.9 Å². The molecule has 0 aliphatic heterocycles. The van der Waals surface area contributed by atoms with Crippen LogP contribution in [0.2, 0.25) is 0 Å². The van der Waals surface area contributed by atoms with Crippen LogP contribution < -0.4 is 5.56 Å². The Balaban J connectivity index is 1.96. The molecule has 1 aromatic carbocycles. The van der Waals surface area contributed by atoms with Crippen molar-refractivity contribution in [2.45, 2.75) is 6.54 Å². The fraction of sp³-hybridized carbons (Fsp3) is 0.0588. The van der Waals surface area contributed by atoms with Crippen molar-refractivity contribution in [1.29, 1.82) is 0 Å². The maximum Gasteiger partial charge on any atom is 0.266 e. The first kappa shape index (κ1) is 16.2. The summed E-state index contributed by atoms with van der Waals surface area (Å²) in [5.74, 6) is -0.332. The van der Waals surface area contributed by atoms with E-state index in [0.29, 0.717) is 17.3 Å². The highest BCUT2D eigenvalue weighted by Crippen LogP contribution is 2.27. The number of benzene rings is 1. The number of nitrogens with zero attached hydrogens (tertiary/aromatic N) is 3. The molecule has 0 aliphatic rings. The van der Waals surface area contributed by atoms with Crippen LogP contribution in [0.3, 0.4) is 0 Å². The quantitative estimate of drug-likeness (QED) is 0.373. The Labute approximate surface area is 158 Å². The number of rotatable bonds is 3. The monoisotopic (exact) mass is 463 g/mol. The van der Waals surface area contributed by atoms with Gasteiger partial charge in [-0.3, -0.25) is 14.2 Å². The van der Waals surface area contributed by atoms with Crippen LogP contribution in [-0.4, -0.2) is 25.9 Å². The van der Waals surface area contributed by atoms with Gasteiger partial charge in [0.15, 0.2) is 6.29 Å². The Morgan fingerprint density at radius 1 is 1.32 bits per heavy atom. The summed E-state index contributed by atoms with van der Waals surface area (Å²) in [6.45, 7) is 0.184. The minimum atomic E-state index is -0.576. The maximum absolute atomic E-state index is 12.6. The molecule has 0 amide bonds. The third-order valence-electron chi connectivity index (χ3n) is 3.82. The molecule has 6 nitrogen and oxygen atoms in total. The lowest BCUT2D eigenvalue weighted by atomic mass is 10.2. The van der Waals surface area contributed by atoms with Gasteiger partial charge in [0.2, 0.25) is 0 Å². The second-order valence-corrected chi connectivity index (χ2v) is 7.73. The summed E-state index contributed by atoms with van der Waals surface area (Å²) < 4.78 is 3.20. The normalized spacial score (nSPS) is 11.2. The van der Waals surface area contributed by atoms with Gasteiger partial charge in [0.05, 0.1) is 22.1 Å². The molecule has 0 spiro atoms. The number of aromatic hydroxyl groups is 1. The second-order valence-electron chi connectivity index (χ2n) is 5.37. The van der Waals surface area contributed by atoms with Crippen LogP contribution in [0.25, 0.3) is 21.3 Å². The van der Waals surface area contributed by atoms with E-state index in [9.17, 15) is 14.7 Å². The number of para-hydroxylation sites is 1. The van der Waals surface area contributed by atoms with E-state index in [4.69, 9.17) is 0 Å². The van der Waals surface area contributed by atoms with E-state index in [0.717, 1.165) is 18.8 Å². The molecule has 3 heterocycles. The Bertz CT molecular complexity index is 1170. The van der Waals surface area contributed by atoms with Crippen LogP contribution in [0.15, 0.2) is 41.3 Å². The molecule has 0 bridgehead atoms. The van der Waals surface area contributed by atoms with Crippen LogP contribution >= 0.6 is 33.9 Å². The van der Waals surface area contributed by atoms with Gasteiger partial charge in [-0.25, -0.2) is 9.97 Å². The fourth-order valence-corrected chi connectivity index (χ4v) is 4.09. The number of carbonyl (C=O) groups excluding carboxylic acids is 1. The van der Waals surface area contributed by atoms with Gasteiger partial charge in [-0.2, -0.15) is 0 Å². The molecule has 0 unspecified atom stereocenters. The number of aromatic nitrogens is 3. The lowest BCUT2D eigenvalue weighted by Gasteiger charge is -2.11. The van der Waals surface area contributed by atoms with Crippen LogP contribution in [0, 0.1) is 3.57 Å². The summed E-state index contributed by atoms with van der Waals surface area (Å²) in [6.07, 6.45) is 1.99. The Morgan fingerprint density at radius 3 is 2.88 bits per heavy atom. The Hall–Kier alpha value is -2.33. The molecular formula is C17H10IN3O3S. The first-order chi connectivity index (χ1) is 12.1. The van der Waals surface area contributed by atoms with Gasteiger partial charge in [0.25, 0.3) is 5.56 Å². The van der Waals surface area contributed by atoms with Crippen LogP contribution in [0.5, 0.6) is 5.75 Å². The van der Waals surface area contributed by atoms with Crippen molar-refractivity contribution in [3.8, 4) is 5.75 Å². The highest BCUT2D eigenvalue weighted by molar-refractivity contribution is 14.1. The van der Waals surface area contributed by atoms with E-state index in [-0.39, 0.29) is 17.9 Å². The SMILES string of the molecule is O=Cc1c(O)c2cc(I)cnc2n(Cc2nc3ccccc3s2)c1=O. The highest BCUT2D eigenvalue weighted by Gasteiger charge is 2.18. The number of carbonyl (C=O) groups is 1. The summed E-state index contributed by atoms with van der Waals surface area (Å²) in [5.41, 5.74) is 0.342. The smallest absolute Gasteiger partial charge is 0.266 e. The van der Waals surface area contributed by atoms with Gasteiger partial charge in [0.1, 0.15) is 22.0 Å². The van der Waals surface area contributed by atoms with Gasteiger partial charge in [-0.1, -0.05) is 12.1 Å². The average molecular weight is 463 g/mol. The van der Waals surface area contributed by atoms with E-state index >= 15 is 0 Å². The van der Waals surface area contributed by atoms with E-state index < -0.39 is 5.56 Å².